The van der Waals surface area contributed by atoms with Gasteiger partial charge in [-0.1, -0.05) is 18.2 Å². The van der Waals surface area contributed by atoms with E-state index in [4.69, 9.17) is 9.47 Å². The van der Waals surface area contributed by atoms with E-state index in [0.717, 1.165) is 23.4 Å². The third-order valence-electron chi connectivity index (χ3n) is 4.38. The normalized spacial score (nSPS) is 10.8. The number of rotatable bonds is 10. The van der Waals surface area contributed by atoms with Gasteiger partial charge in [0.15, 0.2) is 0 Å². The first-order valence-electron chi connectivity index (χ1n) is 9.24. The number of aryl methyl sites for hydroxylation is 2. The maximum atomic E-state index is 11.8. The van der Waals surface area contributed by atoms with Crippen molar-refractivity contribution in [2.75, 3.05) is 13.2 Å². The summed E-state index contributed by atoms with van der Waals surface area (Å²) >= 11 is 1.62. The van der Waals surface area contributed by atoms with Crippen molar-refractivity contribution in [2.24, 2.45) is 0 Å². The second-order valence-corrected chi connectivity index (χ2v) is 7.35. The first-order valence-corrected chi connectivity index (χ1v) is 10.1. The molecule has 151 valence electrons. The number of para-hydroxylation sites is 1. The quantitative estimate of drug-likeness (QED) is 0.263. The zero-order chi connectivity index (χ0) is 20.6. The standard InChI is InChI=1S/C21H22N3O4S/c1-15-16(2)23-21(28-17-7-4-3-5-8-17)20(24(25)26)18(15)10-13-27-12-6-9-19-22-11-14-29-19/h3-5,7-8,10-11,14H,6,9,12-13H2,1-2H3. The summed E-state index contributed by atoms with van der Waals surface area (Å²) in [4.78, 5) is 19.9. The van der Waals surface area contributed by atoms with E-state index in [1.54, 1.807) is 48.2 Å². The van der Waals surface area contributed by atoms with Crippen LogP contribution in [0.3, 0.4) is 0 Å². The van der Waals surface area contributed by atoms with Gasteiger partial charge < -0.3 is 9.47 Å². The van der Waals surface area contributed by atoms with Gasteiger partial charge in [-0.2, -0.15) is 0 Å². The SMILES string of the molecule is Cc1nc(Oc2ccccc2)c([N+](=O)[O-])c([CH]COCCCc2nccs2)c1C. The Hall–Kier alpha value is -2.84. The summed E-state index contributed by atoms with van der Waals surface area (Å²) in [6, 6.07) is 8.91. The molecule has 0 fully saturated rings. The van der Waals surface area contributed by atoms with Crippen LogP contribution in [0.2, 0.25) is 0 Å². The highest BCUT2D eigenvalue weighted by Gasteiger charge is 2.27. The molecular weight excluding hydrogens is 390 g/mol. The zero-order valence-electron chi connectivity index (χ0n) is 16.3. The number of aromatic nitrogens is 2. The predicted molar refractivity (Wildman–Crippen MR) is 112 cm³/mol. The summed E-state index contributed by atoms with van der Waals surface area (Å²) in [6.45, 7) is 4.45. The molecule has 2 heterocycles. The number of hydrogen-bond donors (Lipinski definition) is 0. The number of nitrogens with zero attached hydrogens (tertiary/aromatic N) is 3. The fraction of sp³-hybridized carbons (Fsp3) is 0.286. The minimum Gasteiger partial charge on any atom is -0.434 e. The van der Waals surface area contributed by atoms with Gasteiger partial charge in [-0.15, -0.1) is 11.3 Å². The monoisotopic (exact) mass is 412 g/mol. The van der Waals surface area contributed by atoms with Crippen molar-refractivity contribution in [2.45, 2.75) is 26.7 Å². The van der Waals surface area contributed by atoms with Crippen molar-refractivity contribution < 1.29 is 14.4 Å². The van der Waals surface area contributed by atoms with Crippen molar-refractivity contribution >= 4 is 17.0 Å². The number of benzene rings is 1. The number of thiazole rings is 1. The Morgan fingerprint density at radius 3 is 2.72 bits per heavy atom. The minimum atomic E-state index is -0.452. The van der Waals surface area contributed by atoms with Gasteiger partial charge in [0.2, 0.25) is 0 Å². The Bertz CT molecular complexity index is 946. The second kappa shape index (κ2) is 10.1. The summed E-state index contributed by atoms with van der Waals surface area (Å²) in [5.74, 6) is 0.482. The van der Waals surface area contributed by atoms with Crippen molar-refractivity contribution in [3.63, 3.8) is 0 Å². The van der Waals surface area contributed by atoms with Crippen LogP contribution >= 0.6 is 11.3 Å². The molecule has 0 saturated carbocycles. The third kappa shape index (κ3) is 5.58. The van der Waals surface area contributed by atoms with E-state index in [2.05, 4.69) is 9.97 Å². The Morgan fingerprint density at radius 1 is 1.24 bits per heavy atom. The molecule has 0 amide bonds. The number of pyridine rings is 1. The summed E-state index contributed by atoms with van der Waals surface area (Å²) in [5.41, 5.74) is 1.75. The number of nitro groups is 1. The molecule has 29 heavy (non-hydrogen) atoms. The second-order valence-electron chi connectivity index (χ2n) is 6.37. The maximum Gasteiger partial charge on any atom is 0.335 e. The average Bonchev–Trinajstić information content (AvgIpc) is 3.22. The zero-order valence-corrected chi connectivity index (χ0v) is 17.1. The van der Waals surface area contributed by atoms with Crippen LogP contribution in [0.15, 0.2) is 41.9 Å². The molecule has 2 aromatic heterocycles. The lowest BCUT2D eigenvalue weighted by Crippen LogP contribution is -2.08. The maximum absolute atomic E-state index is 11.8. The molecule has 8 heteroatoms. The van der Waals surface area contributed by atoms with E-state index in [0.29, 0.717) is 23.6 Å². The van der Waals surface area contributed by atoms with Gasteiger partial charge in [-0.3, -0.25) is 10.1 Å². The van der Waals surface area contributed by atoms with Crippen LogP contribution in [-0.2, 0) is 11.2 Å². The van der Waals surface area contributed by atoms with Crippen molar-refractivity contribution in [1.29, 1.82) is 0 Å². The summed E-state index contributed by atoms with van der Waals surface area (Å²) in [5, 5.41) is 14.8. The first-order chi connectivity index (χ1) is 14.1. The predicted octanol–water partition coefficient (Wildman–Crippen LogP) is 5.06. The minimum absolute atomic E-state index is 0.0145. The summed E-state index contributed by atoms with van der Waals surface area (Å²) in [6.07, 6.45) is 5.22. The molecule has 0 N–H and O–H groups in total. The van der Waals surface area contributed by atoms with Gasteiger partial charge in [0.25, 0.3) is 5.88 Å². The van der Waals surface area contributed by atoms with Crippen LogP contribution in [0, 0.1) is 30.4 Å². The van der Waals surface area contributed by atoms with Crippen LogP contribution in [0.25, 0.3) is 0 Å². The summed E-state index contributed by atoms with van der Waals surface area (Å²) < 4.78 is 11.4. The van der Waals surface area contributed by atoms with Gasteiger partial charge in [0.05, 0.1) is 16.5 Å². The van der Waals surface area contributed by atoms with Crippen molar-refractivity contribution in [1.82, 2.24) is 9.97 Å². The lowest BCUT2D eigenvalue weighted by atomic mass is 10.0. The Kier molecular flexibility index (Phi) is 7.26. The first kappa shape index (κ1) is 20.9. The van der Waals surface area contributed by atoms with E-state index < -0.39 is 4.92 Å². The van der Waals surface area contributed by atoms with Crippen LogP contribution in [0.5, 0.6) is 11.6 Å². The fourth-order valence-corrected chi connectivity index (χ4v) is 3.46. The summed E-state index contributed by atoms with van der Waals surface area (Å²) in [7, 11) is 0. The molecule has 0 spiro atoms. The molecule has 0 saturated heterocycles. The molecule has 0 bridgehead atoms. The molecule has 3 aromatic rings. The van der Waals surface area contributed by atoms with E-state index in [1.807, 2.05) is 25.3 Å². The molecule has 1 aromatic carbocycles. The Balaban J connectivity index is 1.68. The van der Waals surface area contributed by atoms with Crippen molar-refractivity contribution in [3.05, 3.63) is 80.3 Å². The smallest absolute Gasteiger partial charge is 0.335 e. The number of ether oxygens (including phenoxy) is 2. The highest BCUT2D eigenvalue weighted by molar-refractivity contribution is 7.09. The van der Waals surface area contributed by atoms with Crippen LogP contribution in [-0.4, -0.2) is 28.1 Å². The number of hydrogen-bond acceptors (Lipinski definition) is 7. The lowest BCUT2D eigenvalue weighted by molar-refractivity contribution is -0.386. The van der Waals surface area contributed by atoms with Crippen LogP contribution in [0.1, 0.15) is 28.2 Å². The molecule has 0 aliphatic carbocycles. The van der Waals surface area contributed by atoms with Crippen LogP contribution in [0.4, 0.5) is 5.69 Å². The Morgan fingerprint density at radius 2 is 2.03 bits per heavy atom. The molecular formula is C21H22N3O4S. The highest BCUT2D eigenvalue weighted by Crippen LogP contribution is 2.36. The highest BCUT2D eigenvalue weighted by atomic mass is 32.1. The molecule has 7 nitrogen and oxygen atoms in total. The third-order valence-corrected chi connectivity index (χ3v) is 5.22. The van der Waals surface area contributed by atoms with Gasteiger partial charge in [0, 0.05) is 42.3 Å². The van der Waals surface area contributed by atoms with E-state index in [1.165, 1.54) is 0 Å². The topological polar surface area (TPSA) is 87.4 Å². The van der Waals surface area contributed by atoms with E-state index in [9.17, 15) is 10.1 Å². The molecule has 0 aliphatic rings. The van der Waals surface area contributed by atoms with Gasteiger partial charge in [-0.05, 0) is 38.0 Å². The molecule has 0 aliphatic heterocycles. The molecule has 3 rings (SSSR count). The average molecular weight is 412 g/mol. The van der Waals surface area contributed by atoms with Gasteiger partial charge >= 0.3 is 5.69 Å². The molecule has 0 unspecified atom stereocenters. The van der Waals surface area contributed by atoms with Gasteiger partial charge in [-0.25, -0.2) is 9.97 Å². The van der Waals surface area contributed by atoms with Gasteiger partial charge in [0.1, 0.15) is 5.75 Å². The largest absolute Gasteiger partial charge is 0.434 e. The Labute approximate surface area is 173 Å². The van der Waals surface area contributed by atoms with Crippen LogP contribution < -0.4 is 4.74 Å². The molecule has 1 radical (unpaired) electrons. The van der Waals surface area contributed by atoms with Crippen molar-refractivity contribution in [3.8, 4) is 11.6 Å². The fourth-order valence-electron chi connectivity index (χ4n) is 2.80. The molecule has 0 atom stereocenters. The lowest BCUT2D eigenvalue weighted by Gasteiger charge is -2.13. The van der Waals surface area contributed by atoms with E-state index in [-0.39, 0.29) is 18.2 Å². The van der Waals surface area contributed by atoms with E-state index >= 15 is 0 Å².